The van der Waals surface area contributed by atoms with E-state index in [1.165, 1.54) is 0 Å². The van der Waals surface area contributed by atoms with Crippen LogP contribution in [0, 0.1) is 29.6 Å². The zero-order chi connectivity index (χ0) is 13.0. The summed E-state index contributed by atoms with van der Waals surface area (Å²) in [5.74, 6) is 1.05. The van der Waals surface area contributed by atoms with Crippen LogP contribution >= 0.6 is 0 Å². The first-order chi connectivity index (χ1) is 8.72. The molecule has 0 unspecified atom stereocenters. The number of hydrogen-bond donors (Lipinski definition) is 0. The number of nitriles is 2. The molecule has 0 fully saturated rings. The third kappa shape index (κ3) is 2.48. The summed E-state index contributed by atoms with van der Waals surface area (Å²) in [6, 6.07) is 16.4. The lowest BCUT2D eigenvalue weighted by Gasteiger charge is -2.08. The molecule has 0 aliphatic rings. The van der Waals surface area contributed by atoms with Crippen molar-refractivity contribution in [1.82, 2.24) is 0 Å². The summed E-state index contributed by atoms with van der Waals surface area (Å²) in [6.45, 7) is 1.92. The molecule has 0 N–H and O–H groups in total. The predicted molar refractivity (Wildman–Crippen MR) is 67.1 cm³/mol. The molecular weight excluding hydrogens is 224 g/mol. The van der Waals surface area contributed by atoms with Gasteiger partial charge in [0.1, 0.15) is 17.6 Å². The molecule has 0 spiro atoms. The van der Waals surface area contributed by atoms with Gasteiger partial charge in [-0.2, -0.15) is 10.5 Å². The van der Waals surface area contributed by atoms with Crippen LogP contribution in [0.5, 0.6) is 11.5 Å². The van der Waals surface area contributed by atoms with Gasteiger partial charge in [-0.3, -0.25) is 0 Å². The summed E-state index contributed by atoms with van der Waals surface area (Å²) in [5.41, 5.74) is 2.01. The van der Waals surface area contributed by atoms with E-state index in [9.17, 15) is 0 Å². The maximum Gasteiger partial charge on any atom is 0.145 e. The number of nitrogens with zero attached hydrogens (tertiary/aromatic N) is 2. The van der Waals surface area contributed by atoms with Gasteiger partial charge in [-0.1, -0.05) is 12.1 Å². The molecule has 0 saturated heterocycles. The number of benzene rings is 2. The second-order valence-electron chi connectivity index (χ2n) is 3.85. The van der Waals surface area contributed by atoms with E-state index in [-0.39, 0.29) is 0 Å². The highest BCUT2D eigenvalue weighted by Gasteiger charge is 2.05. The molecule has 3 nitrogen and oxygen atoms in total. The smallest absolute Gasteiger partial charge is 0.145 e. The third-order valence-electron chi connectivity index (χ3n) is 2.45. The highest BCUT2D eigenvalue weighted by Crippen LogP contribution is 2.26. The van der Waals surface area contributed by atoms with Crippen molar-refractivity contribution in [1.29, 1.82) is 10.5 Å². The summed E-state index contributed by atoms with van der Waals surface area (Å²) in [5, 5.41) is 17.8. The van der Waals surface area contributed by atoms with Crippen LogP contribution in [-0.4, -0.2) is 0 Å². The monoisotopic (exact) mass is 234 g/mol. The van der Waals surface area contributed by atoms with Gasteiger partial charge in [-0.15, -0.1) is 0 Å². The number of ether oxygens (including phenoxy) is 1. The number of hydrogen-bond acceptors (Lipinski definition) is 3. The van der Waals surface area contributed by atoms with E-state index in [1.807, 2.05) is 19.1 Å². The Balaban J connectivity index is 2.35. The molecule has 0 heterocycles. The largest absolute Gasteiger partial charge is 0.456 e. The first-order valence-electron chi connectivity index (χ1n) is 5.41. The third-order valence-corrected chi connectivity index (χ3v) is 2.45. The molecule has 0 bridgehead atoms. The number of rotatable bonds is 2. The summed E-state index contributed by atoms with van der Waals surface area (Å²) in [4.78, 5) is 0. The van der Waals surface area contributed by atoms with E-state index in [2.05, 4.69) is 6.07 Å². The molecule has 2 rings (SSSR count). The maximum absolute atomic E-state index is 9.04. The van der Waals surface area contributed by atoms with Gasteiger partial charge < -0.3 is 4.74 Å². The van der Waals surface area contributed by atoms with Crippen LogP contribution in [0.15, 0.2) is 42.5 Å². The standard InChI is InChI=1S/C15H10N2O/c1-11-5-6-15(13(7-11)10-17)18-14-4-2-3-12(8-14)9-16/h2-8H,1H3. The molecule has 2 aromatic carbocycles. The lowest BCUT2D eigenvalue weighted by Crippen LogP contribution is -1.89. The average Bonchev–Trinajstić information content (AvgIpc) is 2.41. The normalized spacial score (nSPS) is 9.28. The van der Waals surface area contributed by atoms with E-state index in [1.54, 1.807) is 36.4 Å². The lowest BCUT2D eigenvalue weighted by molar-refractivity contribution is 0.481. The van der Waals surface area contributed by atoms with E-state index >= 15 is 0 Å². The molecule has 0 amide bonds. The first kappa shape index (κ1) is 11.7. The van der Waals surface area contributed by atoms with E-state index in [0.717, 1.165) is 5.56 Å². The van der Waals surface area contributed by atoms with Crippen LogP contribution in [0.2, 0.25) is 0 Å². The summed E-state index contributed by atoms with van der Waals surface area (Å²) < 4.78 is 5.62. The average molecular weight is 234 g/mol. The molecule has 0 atom stereocenters. The molecule has 0 aliphatic carbocycles. The van der Waals surface area contributed by atoms with Crippen LogP contribution in [0.25, 0.3) is 0 Å². The molecule has 0 aromatic heterocycles. The Bertz CT molecular complexity index is 663. The van der Waals surface area contributed by atoms with Crippen molar-refractivity contribution in [2.45, 2.75) is 6.92 Å². The van der Waals surface area contributed by atoms with Crippen molar-refractivity contribution in [3.05, 3.63) is 59.2 Å². The molecule has 0 aliphatic heterocycles. The van der Waals surface area contributed by atoms with Crippen molar-refractivity contribution < 1.29 is 4.74 Å². The van der Waals surface area contributed by atoms with Crippen LogP contribution in [0.1, 0.15) is 16.7 Å². The van der Waals surface area contributed by atoms with Gasteiger partial charge in [-0.05, 0) is 42.8 Å². The van der Waals surface area contributed by atoms with Crippen molar-refractivity contribution in [2.75, 3.05) is 0 Å². The minimum absolute atomic E-state index is 0.484. The Morgan fingerprint density at radius 3 is 2.56 bits per heavy atom. The van der Waals surface area contributed by atoms with Crippen molar-refractivity contribution in [3.63, 3.8) is 0 Å². The van der Waals surface area contributed by atoms with Crippen molar-refractivity contribution >= 4 is 0 Å². The van der Waals surface area contributed by atoms with Crippen molar-refractivity contribution in [3.8, 4) is 23.6 Å². The van der Waals surface area contributed by atoms with Crippen LogP contribution in [0.4, 0.5) is 0 Å². The fraction of sp³-hybridized carbons (Fsp3) is 0.0667. The minimum Gasteiger partial charge on any atom is -0.456 e. The highest BCUT2D eigenvalue weighted by atomic mass is 16.5. The SMILES string of the molecule is Cc1ccc(Oc2cccc(C#N)c2)c(C#N)c1. The molecular formula is C15H10N2O. The predicted octanol–water partition coefficient (Wildman–Crippen LogP) is 3.53. The Morgan fingerprint density at radius 2 is 1.83 bits per heavy atom. The second-order valence-corrected chi connectivity index (χ2v) is 3.85. The minimum atomic E-state index is 0.484. The summed E-state index contributed by atoms with van der Waals surface area (Å²) >= 11 is 0. The Kier molecular flexibility index (Phi) is 3.27. The summed E-state index contributed by atoms with van der Waals surface area (Å²) in [7, 11) is 0. The van der Waals surface area contributed by atoms with Crippen molar-refractivity contribution in [2.24, 2.45) is 0 Å². The van der Waals surface area contributed by atoms with Gasteiger partial charge in [0.25, 0.3) is 0 Å². The van der Waals surface area contributed by atoms with Gasteiger partial charge in [0.05, 0.1) is 17.2 Å². The van der Waals surface area contributed by atoms with E-state index in [4.69, 9.17) is 15.3 Å². The van der Waals surface area contributed by atoms with Crippen LogP contribution < -0.4 is 4.74 Å². The van der Waals surface area contributed by atoms with Gasteiger partial charge in [0.2, 0.25) is 0 Å². The Hall–Kier alpha value is -2.78. The maximum atomic E-state index is 9.04. The van der Waals surface area contributed by atoms with E-state index < -0.39 is 0 Å². The Morgan fingerprint density at radius 1 is 1.00 bits per heavy atom. The fourth-order valence-corrected chi connectivity index (χ4v) is 1.58. The van der Waals surface area contributed by atoms with Gasteiger partial charge in [0, 0.05) is 0 Å². The zero-order valence-corrected chi connectivity index (χ0v) is 9.84. The quantitative estimate of drug-likeness (QED) is 0.798. The van der Waals surface area contributed by atoms with Gasteiger partial charge >= 0.3 is 0 Å². The fourth-order valence-electron chi connectivity index (χ4n) is 1.58. The van der Waals surface area contributed by atoms with E-state index in [0.29, 0.717) is 22.6 Å². The second kappa shape index (κ2) is 5.03. The Labute approximate surface area is 105 Å². The van der Waals surface area contributed by atoms with Gasteiger partial charge in [0.15, 0.2) is 0 Å². The molecule has 0 radical (unpaired) electrons. The molecule has 0 saturated carbocycles. The first-order valence-corrected chi connectivity index (χ1v) is 5.41. The topological polar surface area (TPSA) is 56.8 Å². The summed E-state index contributed by atoms with van der Waals surface area (Å²) in [6.07, 6.45) is 0. The van der Waals surface area contributed by atoms with Crippen LogP contribution in [0.3, 0.4) is 0 Å². The highest BCUT2D eigenvalue weighted by molar-refractivity contribution is 5.48. The van der Waals surface area contributed by atoms with Crippen LogP contribution in [-0.2, 0) is 0 Å². The molecule has 86 valence electrons. The lowest BCUT2D eigenvalue weighted by atomic mass is 10.1. The molecule has 18 heavy (non-hydrogen) atoms. The molecule has 3 heteroatoms. The zero-order valence-electron chi connectivity index (χ0n) is 9.84. The molecule has 2 aromatic rings. The number of aryl methyl sites for hydroxylation is 1. The van der Waals surface area contributed by atoms with Gasteiger partial charge in [-0.25, -0.2) is 0 Å².